The average Bonchev–Trinajstić information content (AvgIpc) is 3.40. The molecule has 0 aromatic heterocycles. The zero-order valence-electron chi connectivity index (χ0n) is 18.5. The molecule has 0 heterocycles. The van der Waals surface area contributed by atoms with E-state index in [-0.39, 0.29) is 0 Å². The van der Waals surface area contributed by atoms with Crippen LogP contribution in [0.4, 0.5) is 0 Å². The van der Waals surface area contributed by atoms with Crippen molar-refractivity contribution >= 4 is 5.57 Å². The summed E-state index contributed by atoms with van der Waals surface area (Å²) in [4.78, 5) is 0. The van der Waals surface area contributed by atoms with Gasteiger partial charge in [0.2, 0.25) is 0 Å². The van der Waals surface area contributed by atoms with Crippen LogP contribution in [0.5, 0.6) is 0 Å². The summed E-state index contributed by atoms with van der Waals surface area (Å²) in [6, 6.07) is 18.7. The van der Waals surface area contributed by atoms with Gasteiger partial charge in [0.25, 0.3) is 0 Å². The van der Waals surface area contributed by atoms with E-state index in [0.717, 1.165) is 12.8 Å². The predicted molar refractivity (Wildman–Crippen MR) is 128 cm³/mol. The van der Waals surface area contributed by atoms with Crippen LogP contribution in [0.25, 0.3) is 5.57 Å². The Morgan fingerprint density at radius 2 is 1.30 bits per heavy atom. The third kappa shape index (κ3) is 3.54. The summed E-state index contributed by atoms with van der Waals surface area (Å²) >= 11 is 0. The smallest absolute Gasteiger partial charge is 0.00168 e. The van der Waals surface area contributed by atoms with E-state index in [4.69, 9.17) is 0 Å². The van der Waals surface area contributed by atoms with Crippen molar-refractivity contribution < 1.29 is 0 Å². The van der Waals surface area contributed by atoms with Crippen LogP contribution in [-0.4, -0.2) is 0 Å². The van der Waals surface area contributed by atoms with E-state index >= 15 is 0 Å². The molecule has 5 rings (SSSR count). The highest BCUT2D eigenvalue weighted by Gasteiger charge is 2.18. The van der Waals surface area contributed by atoms with Crippen molar-refractivity contribution in [2.45, 2.75) is 65.2 Å². The highest BCUT2D eigenvalue weighted by atomic mass is 14.2. The number of rotatable bonds is 5. The van der Waals surface area contributed by atoms with E-state index in [1.54, 1.807) is 22.3 Å². The summed E-state index contributed by atoms with van der Waals surface area (Å²) in [5.41, 5.74) is 16.2. The van der Waals surface area contributed by atoms with E-state index in [1.807, 2.05) is 0 Å². The maximum Gasteiger partial charge on any atom is -0.00168 e. The molecule has 0 saturated carbocycles. The molecule has 0 amide bonds. The quantitative estimate of drug-likeness (QED) is 0.431. The molecule has 0 nitrogen and oxygen atoms in total. The van der Waals surface area contributed by atoms with Gasteiger partial charge in [-0.05, 0) is 121 Å². The van der Waals surface area contributed by atoms with Crippen molar-refractivity contribution in [2.24, 2.45) is 0 Å². The summed E-state index contributed by atoms with van der Waals surface area (Å²) in [5.74, 6) is 0. The van der Waals surface area contributed by atoms with Crippen molar-refractivity contribution in [3.8, 4) is 0 Å². The molecule has 0 fully saturated rings. The monoisotopic (exact) mass is 392 g/mol. The number of fused-ring (bicyclic) bond motifs is 2. The van der Waals surface area contributed by atoms with E-state index in [9.17, 15) is 0 Å². The first kappa shape index (κ1) is 19.4. The minimum atomic E-state index is 1.02. The molecule has 0 unspecified atom stereocenters. The van der Waals surface area contributed by atoms with Crippen LogP contribution >= 0.6 is 0 Å². The van der Waals surface area contributed by atoms with Gasteiger partial charge in [0, 0.05) is 0 Å². The molecular formula is C30H32. The first-order valence-corrected chi connectivity index (χ1v) is 11.6. The van der Waals surface area contributed by atoms with E-state index in [0.29, 0.717) is 0 Å². The summed E-state index contributed by atoms with van der Waals surface area (Å²) in [6.45, 7) is 8.73. The highest BCUT2D eigenvalue weighted by Crippen LogP contribution is 2.32. The molecule has 0 heteroatoms. The topological polar surface area (TPSA) is 0 Å². The van der Waals surface area contributed by atoms with Gasteiger partial charge in [0.15, 0.2) is 0 Å². The van der Waals surface area contributed by atoms with Gasteiger partial charge in [0.1, 0.15) is 0 Å². The molecule has 0 bridgehead atoms. The Hall–Kier alpha value is -2.60. The van der Waals surface area contributed by atoms with Crippen LogP contribution in [0, 0.1) is 6.92 Å². The van der Waals surface area contributed by atoms with Crippen LogP contribution in [-0.2, 0) is 38.5 Å². The Labute approximate surface area is 181 Å². The molecule has 2 aliphatic rings. The molecule has 0 saturated heterocycles. The number of aryl methyl sites for hydroxylation is 3. The zero-order valence-corrected chi connectivity index (χ0v) is 18.5. The lowest BCUT2D eigenvalue weighted by atomic mass is 9.87. The van der Waals surface area contributed by atoms with Crippen LogP contribution < -0.4 is 0 Å². The maximum absolute atomic E-state index is 4.30. The van der Waals surface area contributed by atoms with Gasteiger partial charge in [-0.15, -0.1) is 0 Å². The first-order chi connectivity index (χ1) is 14.6. The molecule has 0 radical (unpaired) electrons. The maximum atomic E-state index is 4.30. The Morgan fingerprint density at radius 1 is 0.733 bits per heavy atom. The van der Waals surface area contributed by atoms with E-state index < -0.39 is 0 Å². The fraction of sp³-hybridized carbons (Fsp3) is 0.333. The van der Waals surface area contributed by atoms with Gasteiger partial charge in [-0.25, -0.2) is 0 Å². The third-order valence-corrected chi connectivity index (χ3v) is 7.27. The molecular weight excluding hydrogens is 360 g/mol. The van der Waals surface area contributed by atoms with Crippen LogP contribution in [0.2, 0.25) is 0 Å². The average molecular weight is 393 g/mol. The summed E-state index contributed by atoms with van der Waals surface area (Å²) < 4.78 is 0. The van der Waals surface area contributed by atoms with Crippen molar-refractivity contribution in [1.82, 2.24) is 0 Å². The highest BCUT2D eigenvalue weighted by molar-refractivity contribution is 5.67. The molecule has 3 aromatic rings. The Bertz CT molecular complexity index is 1130. The predicted octanol–water partition coefficient (Wildman–Crippen LogP) is 7.19. The second kappa shape index (κ2) is 7.91. The molecule has 0 atom stereocenters. The second-order valence-electron chi connectivity index (χ2n) is 9.39. The number of benzene rings is 3. The summed E-state index contributed by atoms with van der Waals surface area (Å²) in [7, 11) is 0. The number of hydrogen-bond acceptors (Lipinski definition) is 0. The molecule has 0 aliphatic heterocycles. The largest absolute Gasteiger partial charge is 0.0955 e. The number of hydrogen-bond donors (Lipinski definition) is 0. The SMILES string of the molecule is C=C(C)c1cc(C)c(Cc2cccc3c2CCC3)cc1Cc1cccc2c1CCC2. The van der Waals surface area contributed by atoms with Crippen LogP contribution in [0.15, 0.2) is 55.1 Å². The van der Waals surface area contributed by atoms with Gasteiger partial charge < -0.3 is 0 Å². The third-order valence-electron chi connectivity index (χ3n) is 7.27. The molecule has 0 N–H and O–H groups in total. The first-order valence-electron chi connectivity index (χ1n) is 11.6. The molecule has 0 spiro atoms. The van der Waals surface area contributed by atoms with Gasteiger partial charge >= 0.3 is 0 Å². The van der Waals surface area contributed by atoms with Crippen LogP contribution in [0.1, 0.15) is 75.4 Å². The van der Waals surface area contributed by atoms with Crippen molar-refractivity contribution in [1.29, 1.82) is 0 Å². The summed E-state index contributed by atoms with van der Waals surface area (Å²) in [5, 5.41) is 0. The minimum Gasteiger partial charge on any atom is -0.0955 e. The standard InChI is InChI=1S/C30H32/c1-20(2)30-16-21(3)26(17-24-12-4-8-22-10-6-14-28(22)24)19-27(30)18-25-13-5-9-23-11-7-15-29(23)25/h4-5,8-9,12-13,16,19H,1,6-7,10-11,14-15,17-18H2,2-3H3. The summed E-state index contributed by atoms with van der Waals surface area (Å²) in [6.07, 6.45) is 9.66. The minimum absolute atomic E-state index is 1.02. The lowest BCUT2D eigenvalue weighted by Gasteiger charge is -2.18. The van der Waals surface area contributed by atoms with Crippen molar-refractivity contribution in [2.75, 3.05) is 0 Å². The lowest BCUT2D eigenvalue weighted by Crippen LogP contribution is -2.03. The Morgan fingerprint density at radius 3 is 1.87 bits per heavy atom. The fourth-order valence-electron chi connectivity index (χ4n) is 5.68. The number of allylic oxidation sites excluding steroid dienone is 1. The van der Waals surface area contributed by atoms with Gasteiger partial charge in [-0.1, -0.05) is 60.7 Å². The van der Waals surface area contributed by atoms with Gasteiger partial charge in [-0.3, -0.25) is 0 Å². The van der Waals surface area contributed by atoms with Crippen molar-refractivity contribution in [3.63, 3.8) is 0 Å². The fourth-order valence-corrected chi connectivity index (χ4v) is 5.68. The zero-order chi connectivity index (χ0) is 20.7. The molecule has 2 aliphatic carbocycles. The molecule has 30 heavy (non-hydrogen) atoms. The normalized spacial score (nSPS) is 14.6. The molecule has 152 valence electrons. The molecule has 3 aromatic carbocycles. The van der Waals surface area contributed by atoms with E-state index in [2.05, 4.69) is 69.0 Å². The van der Waals surface area contributed by atoms with Crippen LogP contribution in [0.3, 0.4) is 0 Å². The van der Waals surface area contributed by atoms with Gasteiger partial charge in [-0.2, -0.15) is 0 Å². The van der Waals surface area contributed by atoms with E-state index in [1.165, 1.54) is 77.5 Å². The Kier molecular flexibility index (Phi) is 5.11. The van der Waals surface area contributed by atoms with Gasteiger partial charge in [0.05, 0.1) is 0 Å². The van der Waals surface area contributed by atoms with Crippen molar-refractivity contribution in [3.05, 3.63) is 111 Å². The second-order valence-corrected chi connectivity index (χ2v) is 9.39. The lowest BCUT2D eigenvalue weighted by molar-refractivity contribution is 0.905. The Balaban J connectivity index is 1.54.